The molecule has 0 aromatic carbocycles. The third kappa shape index (κ3) is 1.98. The lowest BCUT2D eigenvalue weighted by Crippen LogP contribution is -2.28. The van der Waals surface area contributed by atoms with Crippen molar-refractivity contribution in [2.75, 3.05) is 18.8 Å². The molecule has 0 amide bonds. The van der Waals surface area contributed by atoms with Gasteiger partial charge in [0.05, 0.1) is 11.9 Å². The third-order valence-corrected chi connectivity index (χ3v) is 2.52. The molecule has 0 aliphatic carbocycles. The zero-order valence-electron chi connectivity index (χ0n) is 7.66. The summed E-state index contributed by atoms with van der Waals surface area (Å²) in [5, 5.41) is 3.38. The number of nitrogen functional groups attached to an aromatic ring is 1. The molecule has 0 saturated carbocycles. The Bertz CT molecular complexity index is 262. The minimum Gasteiger partial charge on any atom is -0.397 e. The molecule has 0 radical (unpaired) electrons. The molecule has 1 atom stereocenters. The van der Waals surface area contributed by atoms with Crippen molar-refractivity contribution in [3.05, 3.63) is 24.0 Å². The van der Waals surface area contributed by atoms with Gasteiger partial charge in [0.2, 0.25) is 0 Å². The van der Waals surface area contributed by atoms with Gasteiger partial charge in [0.25, 0.3) is 0 Å². The van der Waals surface area contributed by atoms with E-state index in [1.54, 1.807) is 6.20 Å². The first-order valence-corrected chi connectivity index (χ1v) is 4.78. The molecule has 1 fully saturated rings. The molecule has 3 heteroatoms. The topological polar surface area (TPSA) is 50.9 Å². The fourth-order valence-electron chi connectivity index (χ4n) is 1.76. The number of anilines is 1. The number of pyridine rings is 1. The first-order valence-electron chi connectivity index (χ1n) is 4.78. The van der Waals surface area contributed by atoms with Crippen LogP contribution < -0.4 is 11.1 Å². The van der Waals surface area contributed by atoms with Crippen molar-refractivity contribution < 1.29 is 0 Å². The van der Waals surface area contributed by atoms with Crippen LogP contribution in [0.25, 0.3) is 0 Å². The summed E-state index contributed by atoms with van der Waals surface area (Å²) in [5.74, 6) is 0.578. The lowest BCUT2D eigenvalue weighted by molar-refractivity contribution is 0.455. The zero-order chi connectivity index (χ0) is 9.10. The van der Waals surface area contributed by atoms with E-state index in [0.717, 1.165) is 18.8 Å². The molecular formula is C10H15N3. The molecule has 1 aromatic heterocycles. The van der Waals surface area contributed by atoms with Gasteiger partial charge in [-0.15, -0.1) is 0 Å². The molecule has 1 aliphatic rings. The largest absolute Gasteiger partial charge is 0.397 e. The van der Waals surface area contributed by atoms with Gasteiger partial charge in [0.1, 0.15) is 0 Å². The number of nitrogens with zero attached hydrogens (tertiary/aromatic N) is 1. The Morgan fingerprint density at radius 2 is 2.38 bits per heavy atom. The quantitative estimate of drug-likeness (QED) is 0.676. The number of hydrogen-bond donors (Lipinski definition) is 2. The van der Waals surface area contributed by atoms with Gasteiger partial charge in [-0.3, -0.25) is 4.98 Å². The monoisotopic (exact) mass is 177 g/mol. The molecule has 1 aromatic rings. The Kier molecular flexibility index (Phi) is 2.45. The van der Waals surface area contributed by atoms with Gasteiger partial charge in [-0.05, 0) is 31.5 Å². The second kappa shape index (κ2) is 3.75. The van der Waals surface area contributed by atoms with Crippen LogP contribution in [0.1, 0.15) is 24.5 Å². The number of rotatable bonds is 1. The van der Waals surface area contributed by atoms with E-state index in [0.29, 0.717) is 5.92 Å². The summed E-state index contributed by atoms with van der Waals surface area (Å²) < 4.78 is 0. The second-order valence-electron chi connectivity index (χ2n) is 3.56. The molecule has 0 spiro atoms. The smallest absolute Gasteiger partial charge is 0.0501 e. The first kappa shape index (κ1) is 8.51. The molecule has 3 N–H and O–H groups in total. The Morgan fingerprint density at radius 1 is 1.46 bits per heavy atom. The highest BCUT2D eigenvalue weighted by Gasteiger charge is 2.15. The van der Waals surface area contributed by atoms with Crippen molar-refractivity contribution in [3.8, 4) is 0 Å². The van der Waals surface area contributed by atoms with Gasteiger partial charge in [0, 0.05) is 18.2 Å². The molecule has 1 aliphatic heterocycles. The van der Waals surface area contributed by atoms with Crippen molar-refractivity contribution in [1.29, 1.82) is 0 Å². The van der Waals surface area contributed by atoms with E-state index >= 15 is 0 Å². The predicted octanol–water partition coefficient (Wildman–Crippen LogP) is 1.13. The van der Waals surface area contributed by atoms with Crippen LogP contribution in [0.2, 0.25) is 0 Å². The van der Waals surface area contributed by atoms with Crippen LogP contribution in [0, 0.1) is 0 Å². The van der Waals surface area contributed by atoms with Gasteiger partial charge in [0.15, 0.2) is 0 Å². The van der Waals surface area contributed by atoms with E-state index in [-0.39, 0.29) is 0 Å². The fraction of sp³-hybridized carbons (Fsp3) is 0.500. The van der Waals surface area contributed by atoms with E-state index < -0.39 is 0 Å². The van der Waals surface area contributed by atoms with E-state index in [4.69, 9.17) is 5.73 Å². The number of nitrogens with two attached hydrogens (primary N) is 1. The maximum Gasteiger partial charge on any atom is 0.0501 e. The molecule has 13 heavy (non-hydrogen) atoms. The van der Waals surface area contributed by atoms with Crippen molar-refractivity contribution in [2.24, 2.45) is 0 Å². The van der Waals surface area contributed by atoms with Crippen LogP contribution in [0.15, 0.2) is 18.3 Å². The van der Waals surface area contributed by atoms with Crippen LogP contribution in [0.3, 0.4) is 0 Å². The predicted molar refractivity (Wildman–Crippen MR) is 53.5 cm³/mol. The van der Waals surface area contributed by atoms with Crippen molar-refractivity contribution in [3.63, 3.8) is 0 Å². The average Bonchev–Trinajstić information content (AvgIpc) is 2.20. The normalized spacial score (nSPS) is 22.9. The van der Waals surface area contributed by atoms with Crippen LogP contribution in [-0.2, 0) is 0 Å². The molecule has 3 nitrogen and oxygen atoms in total. The number of aromatic nitrogens is 1. The molecule has 1 unspecified atom stereocenters. The van der Waals surface area contributed by atoms with E-state index in [9.17, 15) is 0 Å². The summed E-state index contributed by atoms with van der Waals surface area (Å²) in [6.45, 7) is 2.20. The fourth-order valence-corrected chi connectivity index (χ4v) is 1.76. The summed E-state index contributed by atoms with van der Waals surface area (Å²) in [5.41, 5.74) is 7.49. The lowest BCUT2D eigenvalue weighted by atomic mass is 9.96. The van der Waals surface area contributed by atoms with Crippen LogP contribution in [0.4, 0.5) is 5.69 Å². The molecule has 2 rings (SSSR count). The van der Waals surface area contributed by atoms with Gasteiger partial charge < -0.3 is 11.1 Å². The minimum atomic E-state index is 0.578. The molecule has 1 saturated heterocycles. The lowest BCUT2D eigenvalue weighted by Gasteiger charge is -2.22. The molecule has 0 bridgehead atoms. The Hall–Kier alpha value is -1.09. The minimum absolute atomic E-state index is 0.578. The SMILES string of the molecule is Nc1ccc(C2CCCNC2)nc1. The van der Waals surface area contributed by atoms with E-state index in [1.807, 2.05) is 12.1 Å². The van der Waals surface area contributed by atoms with Gasteiger partial charge in [-0.2, -0.15) is 0 Å². The molecular weight excluding hydrogens is 162 g/mol. The summed E-state index contributed by atoms with van der Waals surface area (Å²) in [6.07, 6.45) is 4.23. The van der Waals surface area contributed by atoms with Gasteiger partial charge in [-0.1, -0.05) is 0 Å². The Labute approximate surface area is 78.4 Å². The number of piperidine rings is 1. The molecule has 70 valence electrons. The standard InChI is InChI=1S/C10H15N3/c11-9-3-4-10(13-7-9)8-2-1-5-12-6-8/h3-4,7-8,12H,1-2,5-6,11H2. The molecule has 2 heterocycles. The summed E-state index contributed by atoms with van der Waals surface area (Å²) >= 11 is 0. The van der Waals surface area contributed by atoms with E-state index in [1.165, 1.54) is 18.5 Å². The summed E-state index contributed by atoms with van der Waals surface area (Å²) in [6, 6.07) is 3.96. The van der Waals surface area contributed by atoms with Crippen LogP contribution >= 0.6 is 0 Å². The van der Waals surface area contributed by atoms with Crippen molar-refractivity contribution >= 4 is 5.69 Å². The Morgan fingerprint density at radius 3 is 3.00 bits per heavy atom. The average molecular weight is 177 g/mol. The van der Waals surface area contributed by atoms with Crippen LogP contribution in [0.5, 0.6) is 0 Å². The zero-order valence-corrected chi connectivity index (χ0v) is 7.66. The maximum atomic E-state index is 5.58. The third-order valence-electron chi connectivity index (χ3n) is 2.52. The highest BCUT2D eigenvalue weighted by Crippen LogP contribution is 2.21. The highest BCUT2D eigenvalue weighted by atomic mass is 14.9. The van der Waals surface area contributed by atoms with Crippen molar-refractivity contribution in [1.82, 2.24) is 10.3 Å². The van der Waals surface area contributed by atoms with Crippen LogP contribution in [-0.4, -0.2) is 18.1 Å². The second-order valence-corrected chi connectivity index (χ2v) is 3.56. The summed E-state index contributed by atoms with van der Waals surface area (Å²) in [7, 11) is 0. The first-order chi connectivity index (χ1) is 6.36. The Balaban J connectivity index is 2.10. The highest BCUT2D eigenvalue weighted by molar-refractivity contribution is 5.35. The van der Waals surface area contributed by atoms with E-state index in [2.05, 4.69) is 10.3 Å². The summed E-state index contributed by atoms with van der Waals surface area (Å²) in [4.78, 5) is 4.34. The number of nitrogens with one attached hydrogen (secondary N) is 1. The van der Waals surface area contributed by atoms with Crippen molar-refractivity contribution in [2.45, 2.75) is 18.8 Å². The van der Waals surface area contributed by atoms with Gasteiger partial charge >= 0.3 is 0 Å². The van der Waals surface area contributed by atoms with Gasteiger partial charge in [-0.25, -0.2) is 0 Å². The number of hydrogen-bond acceptors (Lipinski definition) is 3. The maximum absolute atomic E-state index is 5.58.